The van der Waals surface area contributed by atoms with E-state index >= 15 is 0 Å². The fourth-order valence-electron chi connectivity index (χ4n) is 1.96. The first kappa shape index (κ1) is 13.5. The number of rotatable bonds is 6. The van der Waals surface area contributed by atoms with Crippen LogP contribution in [0.3, 0.4) is 0 Å². The molecular weight excluding hydrogens is 242 g/mol. The van der Waals surface area contributed by atoms with E-state index in [1.54, 1.807) is 6.33 Å². The number of hydrogen-bond donors (Lipinski definition) is 2. The van der Waals surface area contributed by atoms with Crippen molar-refractivity contribution in [3.05, 3.63) is 30.6 Å². The second-order valence-electron chi connectivity index (χ2n) is 4.78. The molecule has 0 spiro atoms. The predicted octanol–water partition coefficient (Wildman–Crippen LogP) is 1.17. The Morgan fingerprint density at radius 1 is 1.47 bits per heavy atom. The van der Waals surface area contributed by atoms with Crippen molar-refractivity contribution in [2.24, 2.45) is 5.92 Å². The zero-order valence-corrected chi connectivity index (χ0v) is 11.0. The van der Waals surface area contributed by atoms with Crippen LogP contribution in [0.2, 0.25) is 0 Å². The van der Waals surface area contributed by atoms with Crippen molar-refractivity contribution < 1.29 is 9.90 Å². The molecule has 1 amide bonds. The predicted molar refractivity (Wildman–Crippen MR) is 73.6 cm³/mol. The third kappa shape index (κ3) is 3.54. The van der Waals surface area contributed by atoms with Gasteiger partial charge in [-0.05, 0) is 24.5 Å². The highest BCUT2D eigenvalue weighted by atomic mass is 16.3. The van der Waals surface area contributed by atoms with Gasteiger partial charge in [-0.3, -0.25) is 4.79 Å². The highest BCUT2D eigenvalue weighted by Gasteiger charge is 2.08. The molecule has 19 heavy (non-hydrogen) atoms. The Balaban J connectivity index is 1.92. The quantitative estimate of drug-likeness (QED) is 0.820. The van der Waals surface area contributed by atoms with Crippen molar-refractivity contribution in [1.29, 1.82) is 0 Å². The monoisotopic (exact) mass is 261 g/mol. The molecule has 1 heterocycles. The summed E-state index contributed by atoms with van der Waals surface area (Å²) in [7, 11) is 0. The summed E-state index contributed by atoms with van der Waals surface area (Å²) in [5.41, 5.74) is 1.85. The highest BCUT2D eigenvalue weighted by Crippen LogP contribution is 2.11. The van der Waals surface area contributed by atoms with Gasteiger partial charge in [0.25, 0.3) is 0 Å². The van der Waals surface area contributed by atoms with Gasteiger partial charge in [0, 0.05) is 13.2 Å². The number of aliphatic hydroxyl groups excluding tert-OH is 1. The molecule has 2 N–H and O–H groups in total. The van der Waals surface area contributed by atoms with Gasteiger partial charge in [0.15, 0.2) is 0 Å². The second kappa shape index (κ2) is 6.33. The minimum absolute atomic E-state index is 0.0343. The Labute approximate surface area is 112 Å². The molecule has 0 bridgehead atoms. The number of aromatic nitrogens is 2. The summed E-state index contributed by atoms with van der Waals surface area (Å²) in [6.07, 6.45) is 2.38. The van der Waals surface area contributed by atoms with Crippen LogP contribution < -0.4 is 5.32 Å². The van der Waals surface area contributed by atoms with Crippen molar-refractivity contribution in [3.8, 4) is 0 Å². The lowest BCUT2D eigenvalue weighted by Crippen LogP contribution is -2.31. The number of carbonyl (C=O) groups excluding carboxylic acids is 1. The Kier molecular flexibility index (Phi) is 4.52. The van der Waals surface area contributed by atoms with Crippen LogP contribution in [-0.4, -0.2) is 33.7 Å². The van der Waals surface area contributed by atoms with Gasteiger partial charge in [-0.25, -0.2) is 4.98 Å². The van der Waals surface area contributed by atoms with Gasteiger partial charge in [0.1, 0.15) is 6.54 Å². The summed E-state index contributed by atoms with van der Waals surface area (Å²) in [5.74, 6) is 0.251. The van der Waals surface area contributed by atoms with Crippen LogP contribution in [0.4, 0.5) is 0 Å². The van der Waals surface area contributed by atoms with Crippen LogP contribution in [0.1, 0.15) is 13.3 Å². The van der Waals surface area contributed by atoms with Crippen LogP contribution in [-0.2, 0) is 11.3 Å². The zero-order chi connectivity index (χ0) is 13.7. The number of benzene rings is 1. The standard InChI is InChI=1S/C14H19N3O2/c1-11(6-7-18)8-15-14(19)9-17-10-16-12-4-2-3-5-13(12)17/h2-5,10-11,18H,6-9H2,1H3,(H,15,19). The number of hydrogen-bond acceptors (Lipinski definition) is 3. The first-order chi connectivity index (χ1) is 9.20. The lowest BCUT2D eigenvalue weighted by molar-refractivity contribution is -0.121. The summed E-state index contributed by atoms with van der Waals surface area (Å²) in [6.45, 7) is 3.02. The van der Waals surface area contributed by atoms with E-state index in [0.717, 1.165) is 11.0 Å². The summed E-state index contributed by atoms with van der Waals surface area (Å²) < 4.78 is 1.83. The molecule has 5 heteroatoms. The Morgan fingerprint density at radius 2 is 2.26 bits per heavy atom. The third-order valence-corrected chi connectivity index (χ3v) is 3.11. The zero-order valence-electron chi connectivity index (χ0n) is 11.0. The van der Waals surface area contributed by atoms with E-state index in [1.165, 1.54) is 0 Å². The largest absolute Gasteiger partial charge is 0.396 e. The minimum atomic E-state index is -0.0343. The van der Waals surface area contributed by atoms with Gasteiger partial charge in [-0.2, -0.15) is 0 Å². The third-order valence-electron chi connectivity index (χ3n) is 3.11. The molecule has 1 aromatic carbocycles. The molecule has 0 saturated heterocycles. The summed E-state index contributed by atoms with van der Waals surface area (Å²) in [5, 5.41) is 11.7. The molecule has 1 aromatic heterocycles. The first-order valence-electron chi connectivity index (χ1n) is 6.48. The molecule has 1 unspecified atom stereocenters. The Morgan fingerprint density at radius 3 is 3.05 bits per heavy atom. The van der Waals surface area contributed by atoms with E-state index in [4.69, 9.17) is 5.11 Å². The highest BCUT2D eigenvalue weighted by molar-refractivity contribution is 5.80. The van der Waals surface area contributed by atoms with E-state index in [2.05, 4.69) is 10.3 Å². The summed E-state index contributed by atoms with van der Waals surface area (Å²) in [6, 6.07) is 7.73. The topological polar surface area (TPSA) is 67.2 Å². The smallest absolute Gasteiger partial charge is 0.240 e. The first-order valence-corrected chi connectivity index (χ1v) is 6.48. The van der Waals surface area contributed by atoms with Gasteiger partial charge in [-0.1, -0.05) is 19.1 Å². The molecule has 2 aromatic rings. The van der Waals surface area contributed by atoms with Gasteiger partial charge in [0.2, 0.25) is 5.91 Å². The molecule has 0 aliphatic rings. The van der Waals surface area contributed by atoms with E-state index < -0.39 is 0 Å². The molecule has 0 saturated carbocycles. The van der Waals surface area contributed by atoms with Crippen molar-refractivity contribution in [1.82, 2.24) is 14.9 Å². The lowest BCUT2D eigenvalue weighted by Gasteiger charge is -2.11. The molecule has 0 radical (unpaired) electrons. The SMILES string of the molecule is CC(CCO)CNC(=O)Cn1cnc2ccccc21. The number of aliphatic hydroxyl groups is 1. The molecule has 5 nitrogen and oxygen atoms in total. The maximum atomic E-state index is 11.8. The Hall–Kier alpha value is -1.88. The molecule has 102 valence electrons. The maximum Gasteiger partial charge on any atom is 0.240 e. The molecule has 1 atom stereocenters. The van der Waals surface area contributed by atoms with Gasteiger partial charge in [-0.15, -0.1) is 0 Å². The van der Waals surface area contributed by atoms with E-state index in [9.17, 15) is 4.79 Å². The Bertz CT molecular complexity index is 550. The van der Waals surface area contributed by atoms with Gasteiger partial charge in [0.05, 0.1) is 17.4 Å². The van der Waals surface area contributed by atoms with Crippen LogP contribution in [0, 0.1) is 5.92 Å². The lowest BCUT2D eigenvalue weighted by atomic mass is 10.1. The van der Waals surface area contributed by atoms with Crippen molar-refractivity contribution >= 4 is 16.9 Å². The molecule has 0 aliphatic heterocycles. The maximum absolute atomic E-state index is 11.8. The number of nitrogens with one attached hydrogen (secondary N) is 1. The average molecular weight is 261 g/mol. The number of imidazole rings is 1. The fourth-order valence-corrected chi connectivity index (χ4v) is 1.96. The number of amides is 1. The average Bonchev–Trinajstić information content (AvgIpc) is 2.80. The van der Waals surface area contributed by atoms with Crippen LogP contribution in [0.5, 0.6) is 0 Å². The summed E-state index contributed by atoms with van der Waals surface area (Å²) in [4.78, 5) is 16.1. The van der Waals surface area contributed by atoms with E-state index in [-0.39, 0.29) is 25.0 Å². The molecule has 2 rings (SSSR count). The van der Waals surface area contributed by atoms with Crippen molar-refractivity contribution in [2.75, 3.05) is 13.2 Å². The molecule has 0 aliphatic carbocycles. The number of nitrogens with zero attached hydrogens (tertiary/aromatic N) is 2. The molecule has 0 fully saturated rings. The number of carbonyl (C=O) groups is 1. The second-order valence-corrected chi connectivity index (χ2v) is 4.78. The van der Waals surface area contributed by atoms with Crippen LogP contribution in [0.15, 0.2) is 30.6 Å². The number of fused-ring (bicyclic) bond motifs is 1. The van der Waals surface area contributed by atoms with Crippen molar-refractivity contribution in [3.63, 3.8) is 0 Å². The fraction of sp³-hybridized carbons (Fsp3) is 0.429. The van der Waals surface area contributed by atoms with E-state index in [1.807, 2.05) is 35.8 Å². The molecular formula is C14H19N3O2. The number of para-hydroxylation sites is 2. The van der Waals surface area contributed by atoms with Crippen LogP contribution in [0.25, 0.3) is 11.0 Å². The van der Waals surface area contributed by atoms with Crippen LogP contribution >= 0.6 is 0 Å². The van der Waals surface area contributed by atoms with Gasteiger partial charge < -0.3 is 15.0 Å². The minimum Gasteiger partial charge on any atom is -0.396 e. The van der Waals surface area contributed by atoms with Crippen molar-refractivity contribution in [2.45, 2.75) is 19.9 Å². The van der Waals surface area contributed by atoms with Gasteiger partial charge >= 0.3 is 0 Å². The normalized spacial score (nSPS) is 12.5. The summed E-state index contributed by atoms with van der Waals surface area (Å²) >= 11 is 0. The van der Waals surface area contributed by atoms with E-state index in [0.29, 0.717) is 13.0 Å².